The highest BCUT2D eigenvalue weighted by Gasteiger charge is 2.58. The van der Waals surface area contributed by atoms with Crippen molar-refractivity contribution in [1.82, 2.24) is 25.1 Å². The number of para-hydroxylation sites is 1. The van der Waals surface area contributed by atoms with Gasteiger partial charge in [-0.1, -0.05) is 61.5 Å². The molecular formula is C49H59F3N5O7PS. The summed E-state index contributed by atoms with van der Waals surface area (Å²) < 4.78 is 69.5. The van der Waals surface area contributed by atoms with Gasteiger partial charge in [-0.25, -0.2) is 18.3 Å². The van der Waals surface area contributed by atoms with Gasteiger partial charge in [0.25, 0.3) is 5.91 Å². The number of alkyl halides is 3. The number of fused-ring (bicyclic) bond motifs is 2. The van der Waals surface area contributed by atoms with Crippen LogP contribution in [0.4, 0.5) is 13.2 Å². The van der Waals surface area contributed by atoms with Crippen molar-refractivity contribution in [2.24, 2.45) is 0 Å². The van der Waals surface area contributed by atoms with Crippen LogP contribution in [0.25, 0.3) is 10.1 Å². The summed E-state index contributed by atoms with van der Waals surface area (Å²) in [7, 11) is -2.69. The number of thiophene rings is 1. The molecule has 0 bridgehead atoms. The second kappa shape index (κ2) is 20.2. The smallest absolute Gasteiger partial charge is 0.355 e. The molecule has 4 aromatic rings. The molecule has 17 heteroatoms. The van der Waals surface area contributed by atoms with E-state index in [9.17, 15) is 32.5 Å². The molecule has 4 heterocycles. The highest BCUT2D eigenvalue weighted by atomic mass is 32.1. The quantitative estimate of drug-likeness (QED) is 0.0784. The lowest BCUT2D eigenvalue weighted by Gasteiger charge is -2.41. The van der Waals surface area contributed by atoms with Gasteiger partial charge < -0.3 is 29.3 Å². The Morgan fingerprint density at radius 3 is 2.39 bits per heavy atom. The minimum atomic E-state index is -4.50. The average molecular weight is 950 g/mol. The van der Waals surface area contributed by atoms with Crippen molar-refractivity contribution in [3.8, 4) is 5.75 Å². The first-order chi connectivity index (χ1) is 31.7. The Balaban J connectivity index is 1.03. The molecule has 4 fully saturated rings. The number of amides is 3. The maximum atomic E-state index is 16.7. The van der Waals surface area contributed by atoms with Crippen LogP contribution in [0.5, 0.6) is 5.75 Å². The standard InChI is InChI=1S/C49H59F3N5O7PS/c1-4-25-63-48(61)31(2)54-65(62,64-38-13-9-6-10-14-38)44(52)33-15-20-41-34(26-33)27-42(66-41)45(58)53-39-18-16-36(55(3)24-21-43(50)51)28-37-17-19-40(57(37)46(39)59)47(60)56-30-35(29-49(56)22-23-49)32-11-7-5-8-12-32/h5-15,20,26-27,31,35-37,39-40,43-44H,4,16-19,21-25,28-30H2,1-3H3,(H,53,58)(H,54,62)/t31-,35+,36-,37+,39-,40-,44+,65?/m0/s1. The van der Waals surface area contributed by atoms with Gasteiger partial charge in [0.2, 0.25) is 24.2 Å². The van der Waals surface area contributed by atoms with E-state index in [0.717, 1.165) is 30.6 Å². The monoisotopic (exact) mass is 949 g/mol. The number of nitrogens with one attached hydrogen (secondary N) is 2. The van der Waals surface area contributed by atoms with E-state index in [2.05, 4.69) is 22.5 Å². The zero-order valence-electron chi connectivity index (χ0n) is 37.6. The van der Waals surface area contributed by atoms with E-state index in [0.29, 0.717) is 48.7 Å². The molecule has 1 unspecified atom stereocenters. The first-order valence-electron chi connectivity index (χ1n) is 23.1. The third-order valence-corrected chi connectivity index (χ3v) is 17.0. The molecule has 1 aliphatic carbocycles. The Morgan fingerprint density at radius 2 is 1.70 bits per heavy atom. The third-order valence-electron chi connectivity index (χ3n) is 13.8. The minimum absolute atomic E-state index is 0.0119. The molecule has 1 spiro atoms. The van der Waals surface area contributed by atoms with Crippen molar-refractivity contribution in [3.05, 3.63) is 101 Å². The number of likely N-dealkylation sites (tertiary alicyclic amines) is 1. The van der Waals surface area contributed by atoms with E-state index in [1.54, 1.807) is 35.2 Å². The average Bonchev–Trinajstić information content (AvgIpc) is 3.59. The molecule has 8 atom stereocenters. The molecule has 0 radical (unpaired) electrons. The van der Waals surface area contributed by atoms with Crippen LogP contribution < -0.4 is 14.9 Å². The van der Waals surface area contributed by atoms with Crippen molar-refractivity contribution in [3.63, 3.8) is 0 Å². The summed E-state index contributed by atoms with van der Waals surface area (Å²) in [4.78, 5) is 62.3. The second-order valence-corrected chi connectivity index (χ2v) is 21.6. The fourth-order valence-corrected chi connectivity index (χ4v) is 13.0. The fraction of sp³-hybridized carbons (Fsp3) is 0.510. The van der Waals surface area contributed by atoms with Crippen LogP contribution in [0.3, 0.4) is 0 Å². The lowest BCUT2D eigenvalue weighted by atomic mass is 9.93. The van der Waals surface area contributed by atoms with Gasteiger partial charge in [-0.05, 0) is 119 Å². The van der Waals surface area contributed by atoms with Crippen LogP contribution in [0.1, 0.15) is 111 Å². The highest BCUT2D eigenvalue weighted by molar-refractivity contribution is 7.57. The predicted octanol–water partition coefficient (Wildman–Crippen LogP) is 9.22. The number of benzene rings is 3. The van der Waals surface area contributed by atoms with E-state index in [4.69, 9.17) is 9.26 Å². The molecule has 8 rings (SSSR count). The molecule has 4 aliphatic rings. The van der Waals surface area contributed by atoms with Gasteiger partial charge in [0.1, 0.15) is 23.9 Å². The van der Waals surface area contributed by atoms with Crippen molar-refractivity contribution < 1.29 is 46.2 Å². The fourth-order valence-electron chi connectivity index (χ4n) is 10.1. The van der Waals surface area contributed by atoms with E-state index in [1.165, 1.54) is 36.8 Å². The van der Waals surface area contributed by atoms with Crippen LogP contribution in [0, 0.1) is 0 Å². The lowest BCUT2D eigenvalue weighted by Crippen LogP contribution is -2.59. The molecule has 1 saturated carbocycles. The maximum absolute atomic E-state index is 16.7. The second-order valence-electron chi connectivity index (χ2n) is 18.4. The summed E-state index contributed by atoms with van der Waals surface area (Å²) >= 11 is 1.14. The number of carbonyl (C=O) groups is 4. The van der Waals surface area contributed by atoms with Crippen molar-refractivity contribution in [1.29, 1.82) is 0 Å². The van der Waals surface area contributed by atoms with E-state index in [1.807, 2.05) is 42.0 Å². The van der Waals surface area contributed by atoms with Crippen molar-refractivity contribution in [2.45, 2.75) is 132 Å². The molecule has 3 saturated heterocycles. The van der Waals surface area contributed by atoms with Gasteiger partial charge in [-0.2, -0.15) is 0 Å². The van der Waals surface area contributed by atoms with Gasteiger partial charge in [0, 0.05) is 47.8 Å². The Kier molecular flexibility index (Phi) is 14.6. The van der Waals surface area contributed by atoms with Gasteiger partial charge in [-0.15, -0.1) is 11.3 Å². The number of rotatable bonds is 17. The highest BCUT2D eigenvalue weighted by Crippen LogP contribution is 2.58. The van der Waals surface area contributed by atoms with Crippen LogP contribution in [0.2, 0.25) is 0 Å². The summed E-state index contributed by atoms with van der Waals surface area (Å²) in [6.45, 7) is 4.13. The number of hydrogen-bond donors (Lipinski definition) is 2. The molecule has 66 heavy (non-hydrogen) atoms. The summed E-state index contributed by atoms with van der Waals surface area (Å²) in [5.41, 5.74) is 0.955. The van der Waals surface area contributed by atoms with Crippen molar-refractivity contribution >= 4 is 52.6 Å². The van der Waals surface area contributed by atoms with Crippen LogP contribution >= 0.6 is 18.9 Å². The Bertz CT molecular complexity index is 2430. The Labute approximate surface area is 388 Å². The first-order valence-corrected chi connectivity index (χ1v) is 25.6. The minimum Gasteiger partial charge on any atom is -0.465 e. The lowest BCUT2D eigenvalue weighted by molar-refractivity contribution is -0.148. The molecule has 3 aromatic carbocycles. The largest absolute Gasteiger partial charge is 0.465 e. The van der Waals surface area contributed by atoms with E-state index in [-0.39, 0.29) is 77.5 Å². The first kappa shape index (κ1) is 47.7. The molecule has 3 aliphatic heterocycles. The summed E-state index contributed by atoms with van der Waals surface area (Å²) in [5.74, 6) is -3.55. The molecule has 3 amide bonds. The SMILES string of the molecule is CCCOC(=O)[C@H](C)NP(=O)(Oc1ccccc1)[C@@H](F)c1ccc2sc(C(=O)N[C@H]3CC[C@H](N(C)CCC(F)F)C[C@H]4CC[C@@H](C(=O)N5C[C@H](c6ccccc6)CC56CC6)N4C3=O)cc2c1. The predicted molar refractivity (Wildman–Crippen MR) is 247 cm³/mol. The molecular weight excluding hydrogens is 891 g/mol. The molecule has 1 aromatic heterocycles. The molecule has 354 valence electrons. The number of nitrogens with zero attached hydrogens (tertiary/aromatic N) is 3. The van der Waals surface area contributed by atoms with E-state index < -0.39 is 49.9 Å². The molecule has 2 N–H and O–H groups in total. The van der Waals surface area contributed by atoms with Crippen LogP contribution in [-0.2, 0) is 23.7 Å². The van der Waals surface area contributed by atoms with Gasteiger partial charge in [0.05, 0.1) is 11.5 Å². The zero-order valence-corrected chi connectivity index (χ0v) is 39.3. The number of ether oxygens (including phenoxy) is 1. The third kappa shape index (κ3) is 10.4. The summed E-state index contributed by atoms with van der Waals surface area (Å²) in [5, 5.41) is 6.05. The zero-order chi connectivity index (χ0) is 46.8. The Morgan fingerprint density at radius 1 is 0.970 bits per heavy atom. The number of hydrogen-bond acceptors (Lipinski definition) is 9. The normalized spacial score (nSPS) is 24.4. The summed E-state index contributed by atoms with van der Waals surface area (Å²) in [6, 6.07) is 21.0. The van der Waals surface area contributed by atoms with Crippen LogP contribution in [0.15, 0.2) is 84.9 Å². The topological polar surface area (TPSA) is 138 Å². The Hall–Kier alpha value is -4.76. The number of esters is 1. The maximum Gasteiger partial charge on any atom is 0.355 e. The van der Waals surface area contributed by atoms with Gasteiger partial charge in [0.15, 0.2) is 0 Å². The number of halogens is 3. The van der Waals surface area contributed by atoms with Crippen LogP contribution in [-0.4, -0.2) is 107 Å². The van der Waals surface area contributed by atoms with Crippen molar-refractivity contribution in [2.75, 3.05) is 26.7 Å². The molecule has 12 nitrogen and oxygen atoms in total. The van der Waals surface area contributed by atoms with Gasteiger partial charge in [-0.3, -0.25) is 23.7 Å². The summed E-state index contributed by atoms with van der Waals surface area (Å²) in [6.07, 6.45) is 2.80. The van der Waals surface area contributed by atoms with Gasteiger partial charge >= 0.3 is 13.5 Å². The van der Waals surface area contributed by atoms with E-state index >= 15 is 4.39 Å². The number of carbonyl (C=O) groups excluding carboxylic acids is 4.